The zero-order valence-corrected chi connectivity index (χ0v) is 7.60. The van der Waals surface area contributed by atoms with Crippen molar-refractivity contribution in [2.45, 2.75) is 43.7 Å². The topological polar surface area (TPSA) is 38.0 Å². The van der Waals surface area contributed by atoms with E-state index in [2.05, 4.69) is 5.32 Å². The first-order chi connectivity index (χ1) is 6.05. The summed E-state index contributed by atoms with van der Waals surface area (Å²) < 4.78 is 24.8. The maximum atomic E-state index is 12.4. The third kappa shape index (κ3) is 2.17. The molecule has 2 aliphatic rings. The molecule has 0 spiro atoms. The van der Waals surface area contributed by atoms with Gasteiger partial charge in [0.25, 0.3) is 0 Å². The van der Waals surface area contributed by atoms with Crippen molar-refractivity contribution < 1.29 is 8.78 Å². The van der Waals surface area contributed by atoms with E-state index in [-0.39, 0.29) is 18.8 Å². The number of nitrogens with two attached hydrogens (primary N) is 1. The van der Waals surface area contributed by atoms with Gasteiger partial charge >= 0.3 is 0 Å². The van der Waals surface area contributed by atoms with Crippen LogP contribution in [0, 0.1) is 5.92 Å². The summed E-state index contributed by atoms with van der Waals surface area (Å²) in [5.41, 5.74) is 5.60. The molecule has 2 nitrogen and oxygen atoms in total. The number of hydrogen-bond acceptors (Lipinski definition) is 2. The zero-order valence-electron chi connectivity index (χ0n) is 7.60. The Morgan fingerprint density at radius 1 is 1.31 bits per heavy atom. The van der Waals surface area contributed by atoms with Crippen LogP contribution in [0.4, 0.5) is 8.78 Å². The Morgan fingerprint density at radius 2 is 1.92 bits per heavy atom. The summed E-state index contributed by atoms with van der Waals surface area (Å²) in [6.07, 6.45) is 2.14. The summed E-state index contributed by atoms with van der Waals surface area (Å²) in [7, 11) is 0. The third-order valence-corrected chi connectivity index (χ3v) is 3.04. The van der Waals surface area contributed by atoms with Crippen molar-refractivity contribution in [1.29, 1.82) is 0 Å². The minimum absolute atomic E-state index is 0.0682. The standard InChI is InChI=1S/C9H16F2N2/c10-9(11)3-6(4-9)5-13-8-1-7(12)2-8/h6-8,13H,1-5,12H2. The molecular formula is C9H16F2N2. The highest BCUT2D eigenvalue weighted by Crippen LogP contribution is 2.42. The molecular weight excluding hydrogens is 174 g/mol. The van der Waals surface area contributed by atoms with Crippen LogP contribution in [0.1, 0.15) is 25.7 Å². The molecule has 0 aromatic rings. The molecule has 2 fully saturated rings. The number of alkyl halides is 2. The van der Waals surface area contributed by atoms with E-state index in [0.717, 1.165) is 19.4 Å². The second-order valence-electron chi connectivity index (χ2n) is 4.47. The summed E-state index contributed by atoms with van der Waals surface area (Å²) in [4.78, 5) is 0. The Balaban J connectivity index is 1.55. The largest absolute Gasteiger partial charge is 0.328 e. The van der Waals surface area contributed by atoms with Gasteiger partial charge in [-0.3, -0.25) is 0 Å². The average molecular weight is 190 g/mol. The molecule has 2 rings (SSSR count). The van der Waals surface area contributed by atoms with Crippen molar-refractivity contribution in [3.8, 4) is 0 Å². The summed E-state index contributed by atoms with van der Waals surface area (Å²) in [6.45, 7) is 0.743. The van der Waals surface area contributed by atoms with Crippen LogP contribution in [0.25, 0.3) is 0 Å². The van der Waals surface area contributed by atoms with Crippen LogP contribution >= 0.6 is 0 Å². The number of nitrogens with one attached hydrogen (secondary N) is 1. The smallest absolute Gasteiger partial charge is 0.248 e. The molecule has 2 saturated carbocycles. The third-order valence-electron chi connectivity index (χ3n) is 3.04. The van der Waals surface area contributed by atoms with Gasteiger partial charge in [0.15, 0.2) is 0 Å². The van der Waals surface area contributed by atoms with Gasteiger partial charge in [-0.1, -0.05) is 0 Å². The fourth-order valence-electron chi connectivity index (χ4n) is 2.09. The second-order valence-corrected chi connectivity index (χ2v) is 4.47. The highest BCUT2D eigenvalue weighted by Gasteiger charge is 2.45. The molecule has 0 aromatic carbocycles. The van der Waals surface area contributed by atoms with Gasteiger partial charge in [-0.15, -0.1) is 0 Å². The predicted octanol–water partition coefficient (Wildman–Crippen LogP) is 1.11. The molecule has 0 heterocycles. The van der Waals surface area contributed by atoms with Crippen LogP contribution in [0.2, 0.25) is 0 Å². The van der Waals surface area contributed by atoms with E-state index in [1.54, 1.807) is 0 Å². The van der Waals surface area contributed by atoms with Gasteiger partial charge in [-0.25, -0.2) is 8.78 Å². The van der Waals surface area contributed by atoms with E-state index in [1.807, 2.05) is 0 Å². The molecule has 0 amide bonds. The lowest BCUT2D eigenvalue weighted by molar-refractivity contribution is -0.110. The van der Waals surface area contributed by atoms with E-state index < -0.39 is 5.92 Å². The first-order valence-corrected chi connectivity index (χ1v) is 4.92. The summed E-state index contributed by atoms with van der Waals surface area (Å²) in [5, 5.41) is 3.28. The minimum Gasteiger partial charge on any atom is -0.328 e. The fourth-order valence-corrected chi connectivity index (χ4v) is 2.09. The quantitative estimate of drug-likeness (QED) is 0.699. The van der Waals surface area contributed by atoms with Gasteiger partial charge in [0, 0.05) is 24.9 Å². The van der Waals surface area contributed by atoms with Gasteiger partial charge in [-0.05, 0) is 25.3 Å². The Kier molecular flexibility index (Phi) is 2.28. The summed E-state index contributed by atoms with van der Waals surface area (Å²) in [5.74, 6) is -2.19. The fraction of sp³-hybridized carbons (Fsp3) is 1.00. The molecule has 0 bridgehead atoms. The lowest BCUT2D eigenvalue weighted by atomic mass is 9.80. The normalized spacial score (nSPS) is 38.1. The number of halogens is 2. The summed E-state index contributed by atoms with van der Waals surface area (Å²) in [6, 6.07) is 0.824. The molecule has 0 aliphatic heterocycles. The van der Waals surface area contributed by atoms with Gasteiger partial charge in [0.1, 0.15) is 0 Å². The van der Waals surface area contributed by atoms with Crippen LogP contribution in [-0.4, -0.2) is 24.6 Å². The van der Waals surface area contributed by atoms with Gasteiger partial charge in [0.05, 0.1) is 0 Å². The molecule has 0 atom stereocenters. The molecule has 0 radical (unpaired) electrons. The Labute approximate surface area is 76.9 Å². The molecule has 76 valence electrons. The molecule has 0 saturated heterocycles. The number of hydrogen-bond donors (Lipinski definition) is 2. The van der Waals surface area contributed by atoms with E-state index in [9.17, 15) is 8.78 Å². The van der Waals surface area contributed by atoms with Gasteiger partial charge < -0.3 is 11.1 Å². The van der Waals surface area contributed by atoms with Gasteiger partial charge in [0.2, 0.25) is 5.92 Å². The SMILES string of the molecule is NC1CC(NCC2CC(F)(F)C2)C1. The van der Waals surface area contributed by atoms with Crippen LogP contribution < -0.4 is 11.1 Å². The molecule has 3 N–H and O–H groups in total. The summed E-state index contributed by atoms with van der Waals surface area (Å²) >= 11 is 0. The van der Waals surface area contributed by atoms with E-state index in [0.29, 0.717) is 12.1 Å². The highest BCUT2D eigenvalue weighted by molar-refractivity contribution is 4.91. The Morgan fingerprint density at radius 3 is 2.38 bits per heavy atom. The van der Waals surface area contributed by atoms with Crippen LogP contribution in [0.5, 0.6) is 0 Å². The molecule has 0 aromatic heterocycles. The maximum absolute atomic E-state index is 12.4. The Bertz CT molecular complexity index is 182. The van der Waals surface area contributed by atoms with E-state index in [1.165, 1.54) is 0 Å². The average Bonchev–Trinajstić information content (AvgIpc) is 1.91. The predicted molar refractivity (Wildman–Crippen MR) is 46.7 cm³/mol. The minimum atomic E-state index is -2.37. The molecule has 4 heteroatoms. The Hall–Kier alpha value is -0.220. The van der Waals surface area contributed by atoms with Crippen LogP contribution in [-0.2, 0) is 0 Å². The monoisotopic (exact) mass is 190 g/mol. The first kappa shape index (κ1) is 9.34. The highest BCUT2D eigenvalue weighted by atomic mass is 19.3. The maximum Gasteiger partial charge on any atom is 0.248 e. The van der Waals surface area contributed by atoms with Crippen molar-refractivity contribution >= 4 is 0 Å². The van der Waals surface area contributed by atoms with Crippen LogP contribution in [0.3, 0.4) is 0 Å². The van der Waals surface area contributed by atoms with Crippen molar-refractivity contribution in [1.82, 2.24) is 5.32 Å². The molecule has 13 heavy (non-hydrogen) atoms. The molecule has 2 aliphatic carbocycles. The lowest BCUT2D eigenvalue weighted by Gasteiger charge is -2.39. The van der Waals surface area contributed by atoms with Crippen molar-refractivity contribution in [3.05, 3.63) is 0 Å². The zero-order chi connectivity index (χ0) is 9.47. The van der Waals surface area contributed by atoms with E-state index in [4.69, 9.17) is 5.73 Å². The van der Waals surface area contributed by atoms with Crippen molar-refractivity contribution in [2.75, 3.05) is 6.54 Å². The van der Waals surface area contributed by atoms with Crippen LogP contribution in [0.15, 0.2) is 0 Å². The second kappa shape index (κ2) is 3.17. The van der Waals surface area contributed by atoms with Crippen molar-refractivity contribution in [3.63, 3.8) is 0 Å². The first-order valence-electron chi connectivity index (χ1n) is 4.92. The van der Waals surface area contributed by atoms with E-state index >= 15 is 0 Å². The number of rotatable bonds is 3. The molecule has 0 unspecified atom stereocenters. The van der Waals surface area contributed by atoms with Gasteiger partial charge in [-0.2, -0.15) is 0 Å². The lowest BCUT2D eigenvalue weighted by Crippen LogP contribution is -2.51. The van der Waals surface area contributed by atoms with Crippen molar-refractivity contribution in [2.24, 2.45) is 11.7 Å².